The molecule has 0 saturated heterocycles. The second kappa shape index (κ2) is 10.8. The average Bonchev–Trinajstić information content (AvgIpc) is 2.35. The molecule has 0 spiro atoms. The van der Waals surface area contributed by atoms with Crippen molar-refractivity contribution >= 4 is 21.6 Å². The molecule has 128 valence electrons. The van der Waals surface area contributed by atoms with Crippen molar-refractivity contribution in [3.63, 3.8) is 0 Å². The molecule has 0 aromatic carbocycles. The summed E-state index contributed by atoms with van der Waals surface area (Å²) in [6.45, 7) is 4.84. The van der Waals surface area contributed by atoms with Crippen LogP contribution in [0.5, 0.6) is 0 Å². The van der Waals surface area contributed by atoms with E-state index in [1.807, 2.05) is 35.1 Å². The summed E-state index contributed by atoms with van der Waals surface area (Å²) in [4.78, 5) is 4.15. The van der Waals surface area contributed by atoms with Crippen LogP contribution >= 0.6 is 11.6 Å². The Hall–Kier alpha value is 0.120. The molecule has 0 heterocycles. The van der Waals surface area contributed by atoms with Crippen molar-refractivity contribution in [2.24, 2.45) is 5.92 Å². The zero-order valence-electron chi connectivity index (χ0n) is 14.2. The molecule has 0 radical (unpaired) electrons. The first kappa shape index (κ1) is 21.1. The van der Waals surface area contributed by atoms with E-state index >= 15 is 0 Å². The Bertz CT molecular complexity index is 347. The largest absolute Gasteiger partial charge is 0.309 e. The molecule has 0 aromatic rings. The highest BCUT2D eigenvalue weighted by Gasteiger charge is 2.23. The zero-order valence-corrected chi connectivity index (χ0v) is 15.8. The molecule has 0 N–H and O–H groups in total. The fourth-order valence-corrected chi connectivity index (χ4v) is 4.13. The summed E-state index contributed by atoms with van der Waals surface area (Å²) in [5, 5.41) is 0. The van der Waals surface area contributed by atoms with Crippen molar-refractivity contribution in [3.05, 3.63) is 0 Å². The van der Waals surface area contributed by atoms with E-state index in [0.29, 0.717) is 19.0 Å². The molecular weight excluding hydrogens is 310 g/mol. The predicted octanol–water partition coefficient (Wildman–Crippen LogP) is 1.40. The maximum absolute atomic E-state index is 12.5. The first-order valence-corrected chi connectivity index (χ1v) is 9.66. The minimum absolute atomic E-state index is 0.0122. The lowest BCUT2D eigenvalue weighted by atomic mass is 10.3. The van der Waals surface area contributed by atoms with Gasteiger partial charge in [-0.25, -0.2) is 12.7 Å². The molecule has 21 heavy (non-hydrogen) atoms. The SMILES string of the molecule is CC(CCl)CS(=O)(=O)N(CCCN(C)C)CCCN(C)C. The van der Waals surface area contributed by atoms with Crippen molar-refractivity contribution in [1.29, 1.82) is 0 Å². The van der Waals surface area contributed by atoms with Crippen molar-refractivity contribution in [3.8, 4) is 0 Å². The van der Waals surface area contributed by atoms with Gasteiger partial charge in [0.25, 0.3) is 0 Å². The van der Waals surface area contributed by atoms with Gasteiger partial charge >= 0.3 is 0 Å². The minimum atomic E-state index is -3.22. The van der Waals surface area contributed by atoms with Crippen LogP contribution < -0.4 is 0 Å². The maximum Gasteiger partial charge on any atom is 0.214 e. The lowest BCUT2D eigenvalue weighted by Gasteiger charge is -2.25. The molecule has 1 atom stereocenters. The van der Waals surface area contributed by atoms with E-state index in [-0.39, 0.29) is 11.7 Å². The molecule has 0 aromatic heterocycles. The predicted molar refractivity (Wildman–Crippen MR) is 91.6 cm³/mol. The van der Waals surface area contributed by atoms with E-state index < -0.39 is 10.0 Å². The highest BCUT2D eigenvalue weighted by molar-refractivity contribution is 7.89. The standard InChI is InChI=1S/C14H32ClN3O2S/c1-14(12-15)13-21(19,20)18(10-6-8-16(2)3)11-7-9-17(4)5/h14H,6-13H2,1-5H3. The van der Waals surface area contributed by atoms with Crippen molar-refractivity contribution in [2.45, 2.75) is 19.8 Å². The summed E-state index contributed by atoms with van der Waals surface area (Å²) in [6, 6.07) is 0. The first-order valence-electron chi connectivity index (χ1n) is 7.52. The summed E-state index contributed by atoms with van der Waals surface area (Å²) in [6.07, 6.45) is 1.70. The van der Waals surface area contributed by atoms with E-state index in [4.69, 9.17) is 11.6 Å². The van der Waals surface area contributed by atoms with E-state index in [1.165, 1.54) is 0 Å². The van der Waals surface area contributed by atoms with Gasteiger partial charge in [-0.15, -0.1) is 11.6 Å². The van der Waals surface area contributed by atoms with Crippen LogP contribution in [-0.4, -0.2) is 88.5 Å². The third-order valence-corrected chi connectivity index (χ3v) is 5.85. The number of alkyl halides is 1. The molecular formula is C14H32ClN3O2S. The summed E-state index contributed by atoms with van der Waals surface area (Å²) in [5.74, 6) is 0.505. The number of hydrogen-bond donors (Lipinski definition) is 0. The number of nitrogens with zero attached hydrogens (tertiary/aromatic N) is 3. The molecule has 0 bridgehead atoms. The van der Waals surface area contributed by atoms with Crippen LogP contribution in [0.2, 0.25) is 0 Å². The quantitative estimate of drug-likeness (QED) is 0.503. The molecule has 0 aliphatic heterocycles. The Balaban J connectivity index is 4.60. The Morgan fingerprint density at radius 1 is 0.905 bits per heavy atom. The molecule has 7 heteroatoms. The van der Waals surface area contributed by atoms with E-state index in [0.717, 1.165) is 25.9 Å². The van der Waals surface area contributed by atoms with Gasteiger partial charge in [0.2, 0.25) is 10.0 Å². The van der Waals surface area contributed by atoms with Crippen LogP contribution in [0.15, 0.2) is 0 Å². The fraction of sp³-hybridized carbons (Fsp3) is 1.00. The smallest absolute Gasteiger partial charge is 0.214 e. The van der Waals surface area contributed by atoms with Crippen LogP contribution in [-0.2, 0) is 10.0 Å². The number of sulfonamides is 1. The lowest BCUT2D eigenvalue weighted by Crippen LogP contribution is -2.38. The van der Waals surface area contributed by atoms with Crippen LogP contribution in [0.3, 0.4) is 0 Å². The Kier molecular flexibility index (Phi) is 10.8. The molecule has 0 rings (SSSR count). The molecule has 0 amide bonds. The van der Waals surface area contributed by atoms with Crippen LogP contribution in [0.25, 0.3) is 0 Å². The Morgan fingerprint density at radius 3 is 1.67 bits per heavy atom. The number of rotatable bonds is 12. The van der Waals surface area contributed by atoms with Crippen LogP contribution in [0.1, 0.15) is 19.8 Å². The van der Waals surface area contributed by atoms with Crippen molar-refractivity contribution < 1.29 is 8.42 Å². The van der Waals surface area contributed by atoms with Crippen molar-refractivity contribution in [2.75, 3.05) is 66.0 Å². The molecule has 1 unspecified atom stereocenters. The van der Waals surface area contributed by atoms with Gasteiger partial charge in [-0.2, -0.15) is 0 Å². The zero-order chi connectivity index (χ0) is 16.5. The van der Waals surface area contributed by atoms with E-state index in [9.17, 15) is 8.42 Å². The van der Waals surface area contributed by atoms with E-state index in [1.54, 1.807) is 4.31 Å². The number of hydrogen-bond acceptors (Lipinski definition) is 4. The first-order chi connectivity index (χ1) is 9.69. The van der Waals surface area contributed by atoms with Gasteiger partial charge < -0.3 is 9.80 Å². The Morgan fingerprint density at radius 2 is 1.33 bits per heavy atom. The van der Waals surface area contributed by atoms with Gasteiger partial charge in [-0.3, -0.25) is 0 Å². The topological polar surface area (TPSA) is 43.9 Å². The third-order valence-electron chi connectivity index (χ3n) is 3.18. The summed E-state index contributed by atoms with van der Waals surface area (Å²) in [5.41, 5.74) is 0. The van der Waals surface area contributed by atoms with Crippen LogP contribution in [0, 0.1) is 5.92 Å². The lowest BCUT2D eigenvalue weighted by molar-refractivity contribution is 0.325. The van der Waals surface area contributed by atoms with Gasteiger partial charge in [0.15, 0.2) is 0 Å². The second-order valence-electron chi connectivity index (χ2n) is 6.25. The molecule has 0 fully saturated rings. The molecule has 0 aliphatic carbocycles. The van der Waals surface area contributed by atoms with Crippen LogP contribution in [0.4, 0.5) is 0 Å². The molecule has 0 aliphatic rings. The number of halogens is 1. The summed E-state index contributed by atoms with van der Waals surface area (Å²) < 4.78 is 26.6. The van der Waals surface area contributed by atoms with Crippen molar-refractivity contribution in [1.82, 2.24) is 14.1 Å². The molecule has 0 saturated carbocycles. The minimum Gasteiger partial charge on any atom is -0.309 e. The normalized spacial score (nSPS) is 14.3. The maximum atomic E-state index is 12.5. The monoisotopic (exact) mass is 341 g/mol. The highest BCUT2D eigenvalue weighted by Crippen LogP contribution is 2.11. The molecule has 5 nitrogen and oxygen atoms in total. The second-order valence-corrected chi connectivity index (χ2v) is 8.57. The van der Waals surface area contributed by atoms with Gasteiger partial charge in [0.1, 0.15) is 0 Å². The summed E-state index contributed by atoms with van der Waals surface area (Å²) >= 11 is 5.76. The summed E-state index contributed by atoms with van der Waals surface area (Å²) in [7, 11) is 4.78. The van der Waals surface area contributed by atoms with Gasteiger partial charge in [-0.05, 0) is 60.0 Å². The average molecular weight is 342 g/mol. The fourth-order valence-electron chi connectivity index (χ4n) is 2.03. The third kappa shape index (κ3) is 10.5. The highest BCUT2D eigenvalue weighted by atomic mass is 35.5. The van der Waals surface area contributed by atoms with Gasteiger partial charge in [-0.1, -0.05) is 6.92 Å². The van der Waals surface area contributed by atoms with E-state index in [2.05, 4.69) is 9.80 Å². The Labute approximate surface area is 136 Å². The van der Waals surface area contributed by atoms with Gasteiger partial charge in [0.05, 0.1) is 5.75 Å². The van der Waals surface area contributed by atoms with Gasteiger partial charge in [0, 0.05) is 19.0 Å².